The summed E-state index contributed by atoms with van der Waals surface area (Å²) in [6, 6.07) is 7.18. The van der Waals surface area contributed by atoms with Crippen molar-refractivity contribution < 1.29 is 9.21 Å². The lowest BCUT2D eigenvalue weighted by atomic mass is 10.1. The molecule has 0 saturated carbocycles. The molecule has 0 atom stereocenters. The average molecular weight is 204 g/mol. The normalized spacial score (nSPS) is 10.5. The third-order valence-corrected chi connectivity index (χ3v) is 2.34. The topological polar surface area (TPSA) is 68.3 Å². The van der Waals surface area contributed by atoms with Gasteiger partial charge in [-0.3, -0.25) is 0 Å². The molecule has 0 saturated heterocycles. The number of nitrogens with two attached hydrogens (primary N) is 1. The van der Waals surface area contributed by atoms with Crippen molar-refractivity contribution >= 4 is 17.0 Å². The Labute approximate surface area is 87.1 Å². The van der Waals surface area contributed by atoms with Gasteiger partial charge in [-0.05, 0) is 13.0 Å². The number of carbonyl (C=O) groups excluding carboxylic acids is 1. The van der Waals surface area contributed by atoms with Gasteiger partial charge < -0.3 is 15.5 Å². The lowest BCUT2D eigenvalue weighted by molar-refractivity contribution is 0.248. The molecule has 1 heterocycles. The second kappa shape index (κ2) is 3.65. The SMILES string of the molecule is Cc1oc2ccccc2c1CNC(N)=O. The number of benzene rings is 1. The molecule has 0 aliphatic rings. The van der Waals surface area contributed by atoms with Crippen LogP contribution in [-0.2, 0) is 6.54 Å². The summed E-state index contributed by atoms with van der Waals surface area (Å²) >= 11 is 0. The van der Waals surface area contributed by atoms with Crippen molar-refractivity contribution in [3.8, 4) is 0 Å². The third-order valence-electron chi connectivity index (χ3n) is 2.34. The molecule has 2 amide bonds. The Balaban J connectivity index is 2.40. The molecule has 1 aromatic carbocycles. The van der Waals surface area contributed by atoms with E-state index in [1.54, 1.807) is 0 Å². The third kappa shape index (κ3) is 1.79. The van der Waals surface area contributed by atoms with Crippen molar-refractivity contribution in [2.45, 2.75) is 13.5 Å². The van der Waals surface area contributed by atoms with Crippen LogP contribution in [0, 0.1) is 6.92 Å². The Morgan fingerprint density at radius 2 is 2.20 bits per heavy atom. The Morgan fingerprint density at radius 3 is 2.93 bits per heavy atom. The van der Waals surface area contributed by atoms with E-state index >= 15 is 0 Å². The Hall–Kier alpha value is -1.97. The number of urea groups is 1. The fourth-order valence-corrected chi connectivity index (χ4v) is 1.62. The molecule has 0 aliphatic heterocycles. The second-order valence-electron chi connectivity index (χ2n) is 3.35. The van der Waals surface area contributed by atoms with Gasteiger partial charge in [-0.15, -0.1) is 0 Å². The van der Waals surface area contributed by atoms with Crippen LogP contribution in [0.15, 0.2) is 28.7 Å². The zero-order valence-corrected chi connectivity index (χ0v) is 8.41. The molecule has 0 fully saturated rings. The molecule has 1 aromatic heterocycles. The second-order valence-corrected chi connectivity index (χ2v) is 3.35. The van der Waals surface area contributed by atoms with Gasteiger partial charge in [-0.2, -0.15) is 0 Å². The van der Waals surface area contributed by atoms with E-state index in [9.17, 15) is 4.79 Å². The number of carbonyl (C=O) groups is 1. The predicted molar refractivity (Wildman–Crippen MR) is 57.4 cm³/mol. The average Bonchev–Trinajstić information content (AvgIpc) is 2.50. The number of aryl methyl sites for hydroxylation is 1. The molecule has 3 N–H and O–H groups in total. The highest BCUT2D eigenvalue weighted by atomic mass is 16.3. The summed E-state index contributed by atoms with van der Waals surface area (Å²) in [6.45, 7) is 2.27. The summed E-state index contributed by atoms with van der Waals surface area (Å²) in [4.78, 5) is 10.6. The molecule has 0 radical (unpaired) electrons. The van der Waals surface area contributed by atoms with Crippen molar-refractivity contribution in [1.82, 2.24) is 5.32 Å². The van der Waals surface area contributed by atoms with Gasteiger partial charge in [-0.1, -0.05) is 18.2 Å². The zero-order chi connectivity index (χ0) is 10.8. The molecular formula is C11H12N2O2. The smallest absolute Gasteiger partial charge is 0.312 e. The first kappa shape index (κ1) is 9.58. The number of rotatable bonds is 2. The van der Waals surface area contributed by atoms with Crippen LogP contribution < -0.4 is 11.1 Å². The van der Waals surface area contributed by atoms with Crippen molar-refractivity contribution in [2.24, 2.45) is 5.73 Å². The molecule has 0 unspecified atom stereocenters. The lowest BCUT2D eigenvalue weighted by Crippen LogP contribution is -2.28. The number of primary amides is 1. The van der Waals surface area contributed by atoms with Gasteiger partial charge in [0.1, 0.15) is 11.3 Å². The molecule has 15 heavy (non-hydrogen) atoms. The maximum Gasteiger partial charge on any atom is 0.312 e. The van der Waals surface area contributed by atoms with Crippen LogP contribution in [0.25, 0.3) is 11.0 Å². The molecular weight excluding hydrogens is 192 g/mol. The standard InChI is InChI=1S/C11H12N2O2/c1-7-9(6-13-11(12)14)8-4-2-3-5-10(8)15-7/h2-5H,6H2,1H3,(H3,12,13,14). The Bertz CT molecular complexity index is 502. The lowest BCUT2D eigenvalue weighted by Gasteiger charge is -2.00. The van der Waals surface area contributed by atoms with Gasteiger partial charge in [0.25, 0.3) is 0 Å². The first-order chi connectivity index (χ1) is 7.18. The van der Waals surface area contributed by atoms with E-state index in [-0.39, 0.29) is 0 Å². The number of para-hydroxylation sites is 1. The summed E-state index contributed by atoms with van der Waals surface area (Å²) in [6.07, 6.45) is 0. The fourth-order valence-electron chi connectivity index (χ4n) is 1.62. The highest BCUT2D eigenvalue weighted by Gasteiger charge is 2.09. The molecule has 2 aromatic rings. The number of fused-ring (bicyclic) bond motifs is 1. The Morgan fingerprint density at radius 1 is 1.47 bits per heavy atom. The van der Waals surface area contributed by atoms with Crippen molar-refractivity contribution in [1.29, 1.82) is 0 Å². The number of hydrogen-bond donors (Lipinski definition) is 2. The molecule has 4 nitrogen and oxygen atoms in total. The zero-order valence-electron chi connectivity index (χ0n) is 8.41. The molecule has 78 valence electrons. The minimum absolute atomic E-state index is 0.401. The van der Waals surface area contributed by atoms with E-state index in [0.717, 1.165) is 22.3 Å². The van der Waals surface area contributed by atoms with Crippen molar-refractivity contribution in [3.05, 3.63) is 35.6 Å². The number of furan rings is 1. The molecule has 4 heteroatoms. The van der Waals surface area contributed by atoms with E-state index in [0.29, 0.717) is 6.54 Å². The number of amides is 2. The van der Waals surface area contributed by atoms with Crippen molar-refractivity contribution in [2.75, 3.05) is 0 Å². The van der Waals surface area contributed by atoms with E-state index < -0.39 is 6.03 Å². The molecule has 0 aliphatic carbocycles. The van der Waals surface area contributed by atoms with Gasteiger partial charge in [0.15, 0.2) is 0 Å². The summed E-state index contributed by atoms with van der Waals surface area (Å²) in [5, 5.41) is 3.58. The van der Waals surface area contributed by atoms with Gasteiger partial charge in [0.2, 0.25) is 0 Å². The minimum atomic E-state index is -0.528. The summed E-state index contributed by atoms with van der Waals surface area (Å²) in [5.41, 5.74) is 6.83. The van der Waals surface area contributed by atoms with Crippen LogP contribution in [0.1, 0.15) is 11.3 Å². The number of hydrogen-bond acceptors (Lipinski definition) is 2. The first-order valence-corrected chi connectivity index (χ1v) is 4.69. The van der Waals surface area contributed by atoms with Crippen LogP contribution in [0.5, 0.6) is 0 Å². The summed E-state index contributed by atoms with van der Waals surface area (Å²) in [7, 11) is 0. The largest absolute Gasteiger partial charge is 0.461 e. The van der Waals surface area contributed by atoms with Gasteiger partial charge in [0, 0.05) is 17.5 Å². The molecule has 2 rings (SSSR count). The maximum atomic E-state index is 10.6. The van der Waals surface area contributed by atoms with Crippen LogP contribution >= 0.6 is 0 Å². The van der Waals surface area contributed by atoms with Crippen molar-refractivity contribution in [3.63, 3.8) is 0 Å². The Kier molecular flexibility index (Phi) is 2.33. The molecule has 0 bridgehead atoms. The minimum Gasteiger partial charge on any atom is -0.461 e. The summed E-state index contributed by atoms with van der Waals surface area (Å²) < 4.78 is 5.54. The van der Waals surface area contributed by atoms with E-state index in [1.807, 2.05) is 31.2 Å². The quantitative estimate of drug-likeness (QED) is 0.784. The predicted octanol–water partition coefficient (Wildman–Crippen LogP) is 1.91. The molecule has 0 spiro atoms. The van der Waals surface area contributed by atoms with Crippen LogP contribution in [0.4, 0.5) is 4.79 Å². The van der Waals surface area contributed by atoms with E-state index in [2.05, 4.69) is 5.32 Å². The van der Waals surface area contributed by atoms with Crippen LogP contribution in [-0.4, -0.2) is 6.03 Å². The van der Waals surface area contributed by atoms with E-state index in [1.165, 1.54) is 0 Å². The maximum absolute atomic E-state index is 10.6. The highest BCUT2D eigenvalue weighted by molar-refractivity contribution is 5.82. The monoisotopic (exact) mass is 204 g/mol. The highest BCUT2D eigenvalue weighted by Crippen LogP contribution is 2.24. The van der Waals surface area contributed by atoms with E-state index in [4.69, 9.17) is 10.2 Å². The van der Waals surface area contributed by atoms with Crippen LogP contribution in [0.2, 0.25) is 0 Å². The van der Waals surface area contributed by atoms with Crippen LogP contribution in [0.3, 0.4) is 0 Å². The fraction of sp³-hybridized carbons (Fsp3) is 0.182. The summed E-state index contributed by atoms with van der Waals surface area (Å²) in [5.74, 6) is 0.810. The van der Waals surface area contributed by atoms with Gasteiger partial charge in [-0.25, -0.2) is 4.79 Å². The first-order valence-electron chi connectivity index (χ1n) is 4.69. The van der Waals surface area contributed by atoms with Gasteiger partial charge >= 0.3 is 6.03 Å². The van der Waals surface area contributed by atoms with Gasteiger partial charge in [0.05, 0.1) is 0 Å². The number of nitrogens with one attached hydrogen (secondary N) is 1.